The van der Waals surface area contributed by atoms with Gasteiger partial charge in [-0.2, -0.15) is 0 Å². The zero-order valence-corrected chi connectivity index (χ0v) is 17.5. The van der Waals surface area contributed by atoms with Crippen LogP contribution in [0.25, 0.3) is 10.9 Å². The number of thiophene rings is 1. The molecule has 0 atom stereocenters. The van der Waals surface area contributed by atoms with Crippen LogP contribution in [0.1, 0.15) is 40.0 Å². The third-order valence-electron chi connectivity index (χ3n) is 5.27. The first-order valence-electron chi connectivity index (χ1n) is 9.90. The molecule has 30 heavy (non-hydrogen) atoms. The van der Waals surface area contributed by atoms with Gasteiger partial charge >= 0.3 is 0 Å². The molecule has 2 amide bonds. The summed E-state index contributed by atoms with van der Waals surface area (Å²) >= 11 is 1.44. The van der Waals surface area contributed by atoms with Crippen molar-refractivity contribution in [2.24, 2.45) is 5.73 Å². The molecule has 0 aliphatic heterocycles. The summed E-state index contributed by atoms with van der Waals surface area (Å²) in [5.41, 5.74) is 7.41. The van der Waals surface area contributed by atoms with Crippen LogP contribution in [0.15, 0.2) is 29.1 Å². The molecular weight excluding hydrogens is 402 g/mol. The lowest BCUT2D eigenvalue weighted by atomic mass is 10.1. The summed E-state index contributed by atoms with van der Waals surface area (Å²) in [6.07, 6.45) is 2.75. The molecule has 9 heteroatoms. The van der Waals surface area contributed by atoms with E-state index in [9.17, 15) is 14.4 Å². The summed E-state index contributed by atoms with van der Waals surface area (Å²) < 4.78 is 0. The van der Waals surface area contributed by atoms with Crippen LogP contribution in [0.4, 0.5) is 5.00 Å². The first-order chi connectivity index (χ1) is 14.5. The number of anilines is 1. The number of likely N-dealkylation sites (N-methyl/N-ethyl adjacent to an activating group) is 1. The highest BCUT2D eigenvalue weighted by molar-refractivity contribution is 7.17. The van der Waals surface area contributed by atoms with Crippen LogP contribution in [-0.4, -0.2) is 39.8 Å². The minimum absolute atomic E-state index is 0.105. The maximum Gasteiger partial charge on any atom is 0.258 e. The Hall–Kier alpha value is -3.04. The number of carbonyl (C=O) groups is 2. The Morgan fingerprint density at radius 2 is 2.10 bits per heavy atom. The van der Waals surface area contributed by atoms with Crippen molar-refractivity contribution in [2.45, 2.75) is 32.7 Å². The predicted octanol–water partition coefficient (Wildman–Crippen LogP) is 2.03. The molecule has 2 aromatic heterocycles. The van der Waals surface area contributed by atoms with E-state index < -0.39 is 5.91 Å². The number of aromatic amines is 1. The SMILES string of the molecule is CCN(CC(=O)Nc1sc2c(c1C(N)=O)CCC2)Cc1nc2ccccc2c(=O)[nH]1. The number of hydrogen-bond acceptors (Lipinski definition) is 6. The number of fused-ring (bicyclic) bond motifs is 2. The quantitative estimate of drug-likeness (QED) is 0.535. The van der Waals surface area contributed by atoms with Gasteiger partial charge in [0.15, 0.2) is 0 Å². The van der Waals surface area contributed by atoms with Crippen LogP contribution in [0.2, 0.25) is 0 Å². The highest BCUT2D eigenvalue weighted by Crippen LogP contribution is 2.38. The molecule has 0 fully saturated rings. The molecule has 1 aliphatic rings. The van der Waals surface area contributed by atoms with Crippen LogP contribution >= 0.6 is 11.3 Å². The van der Waals surface area contributed by atoms with Crippen molar-refractivity contribution >= 4 is 39.1 Å². The Balaban J connectivity index is 1.48. The van der Waals surface area contributed by atoms with E-state index in [0.29, 0.717) is 40.4 Å². The molecule has 3 aromatic rings. The molecule has 0 saturated heterocycles. The maximum atomic E-state index is 12.7. The summed E-state index contributed by atoms with van der Waals surface area (Å²) in [5.74, 6) is -0.237. The molecule has 0 saturated carbocycles. The molecule has 2 heterocycles. The number of amides is 2. The van der Waals surface area contributed by atoms with Crippen molar-refractivity contribution in [2.75, 3.05) is 18.4 Å². The average molecular weight is 426 g/mol. The van der Waals surface area contributed by atoms with Crippen LogP contribution in [0, 0.1) is 0 Å². The monoisotopic (exact) mass is 425 g/mol. The predicted molar refractivity (Wildman–Crippen MR) is 117 cm³/mol. The number of hydrogen-bond donors (Lipinski definition) is 3. The van der Waals surface area contributed by atoms with Gasteiger partial charge in [0.05, 0.1) is 29.6 Å². The summed E-state index contributed by atoms with van der Waals surface area (Å²) in [6.45, 7) is 2.95. The Labute approximate surface area is 177 Å². The number of para-hydroxylation sites is 1. The highest BCUT2D eigenvalue weighted by atomic mass is 32.1. The first-order valence-corrected chi connectivity index (χ1v) is 10.7. The Kier molecular flexibility index (Phi) is 5.65. The second-order valence-corrected chi connectivity index (χ2v) is 8.41. The molecule has 156 valence electrons. The fourth-order valence-electron chi connectivity index (χ4n) is 3.82. The van der Waals surface area contributed by atoms with Gasteiger partial charge in [-0.15, -0.1) is 11.3 Å². The Morgan fingerprint density at radius 3 is 2.87 bits per heavy atom. The number of nitrogens with one attached hydrogen (secondary N) is 2. The smallest absolute Gasteiger partial charge is 0.258 e. The van der Waals surface area contributed by atoms with E-state index in [1.807, 2.05) is 17.9 Å². The second-order valence-electron chi connectivity index (χ2n) is 7.31. The molecule has 1 aromatic carbocycles. The van der Waals surface area contributed by atoms with Gasteiger partial charge in [-0.05, 0) is 43.5 Å². The van der Waals surface area contributed by atoms with E-state index in [0.717, 1.165) is 29.7 Å². The van der Waals surface area contributed by atoms with Gasteiger partial charge in [0.2, 0.25) is 5.91 Å². The number of benzene rings is 1. The van der Waals surface area contributed by atoms with E-state index in [4.69, 9.17) is 5.73 Å². The van der Waals surface area contributed by atoms with Gasteiger partial charge in [0, 0.05) is 4.88 Å². The molecule has 4 N–H and O–H groups in total. The number of aromatic nitrogens is 2. The van der Waals surface area contributed by atoms with Crippen LogP contribution in [0.5, 0.6) is 0 Å². The van der Waals surface area contributed by atoms with Crippen molar-refractivity contribution < 1.29 is 9.59 Å². The number of H-pyrrole nitrogens is 1. The lowest BCUT2D eigenvalue weighted by Gasteiger charge is -2.19. The molecule has 1 aliphatic carbocycles. The van der Waals surface area contributed by atoms with Crippen molar-refractivity contribution in [1.82, 2.24) is 14.9 Å². The van der Waals surface area contributed by atoms with Gasteiger partial charge in [-0.3, -0.25) is 19.3 Å². The standard InChI is InChI=1S/C21H23N5O3S/c1-2-26(10-16-23-14-8-4-3-6-12(14)20(29)24-16)11-17(27)25-21-18(19(22)28)13-7-5-9-15(13)30-21/h3-4,6,8H,2,5,7,9-11H2,1H3,(H2,22,28)(H,25,27)(H,23,24,29). The summed E-state index contributed by atoms with van der Waals surface area (Å²) in [6, 6.07) is 7.14. The van der Waals surface area contributed by atoms with E-state index in [1.165, 1.54) is 11.3 Å². The van der Waals surface area contributed by atoms with Crippen LogP contribution in [-0.2, 0) is 24.2 Å². The molecular formula is C21H23N5O3S. The Bertz CT molecular complexity index is 1180. The van der Waals surface area contributed by atoms with E-state index in [1.54, 1.807) is 18.2 Å². The fourth-order valence-corrected chi connectivity index (χ4v) is 5.13. The maximum absolute atomic E-state index is 12.7. The van der Waals surface area contributed by atoms with Gasteiger partial charge < -0.3 is 16.0 Å². The normalized spacial score (nSPS) is 13.0. The van der Waals surface area contributed by atoms with Gasteiger partial charge in [-0.1, -0.05) is 19.1 Å². The fraction of sp³-hybridized carbons (Fsp3) is 0.333. The second kappa shape index (κ2) is 8.37. The number of primary amides is 1. The lowest BCUT2D eigenvalue weighted by molar-refractivity contribution is -0.117. The summed E-state index contributed by atoms with van der Waals surface area (Å²) in [4.78, 5) is 47.1. The van der Waals surface area contributed by atoms with E-state index in [-0.39, 0.29) is 18.0 Å². The number of carbonyl (C=O) groups excluding carboxylic acids is 2. The summed E-state index contributed by atoms with van der Waals surface area (Å²) in [5, 5.41) is 3.92. The zero-order chi connectivity index (χ0) is 21.3. The molecule has 0 bridgehead atoms. The van der Waals surface area contributed by atoms with E-state index >= 15 is 0 Å². The largest absolute Gasteiger partial charge is 0.365 e. The van der Waals surface area contributed by atoms with Crippen molar-refractivity contribution in [3.8, 4) is 0 Å². The van der Waals surface area contributed by atoms with Gasteiger partial charge in [-0.25, -0.2) is 4.98 Å². The van der Waals surface area contributed by atoms with Crippen LogP contribution in [0.3, 0.4) is 0 Å². The van der Waals surface area contributed by atoms with Gasteiger partial charge in [0.25, 0.3) is 11.5 Å². The number of nitrogens with zero attached hydrogens (tertiary/aromatic N) is 2. The zero-order valence-electron chi connectivity index (χ0n) is 16.7. The molecule has 0 unspecified atom stereocenters. The average Bonchev–Trinajstić information content (AvgIpc) is 3.27. The number of aryl methyl sites for hydroxylation is 1. The highest BCUT2D eigenvalue weighted by Gasteiger charge is 2.26. The van der Waals surface area contributed by atoms with Crippen LogP contribution < -0.4 is 16.6 Å². The molecule has 0 spiro atoms. The number of rotatable bonds is 7. The van der Waals surface area contributed by atoms with Crippen molar-refractivity contribution in [3.63, 3.8) is 0 Å². The number of nitrogens with two attached hydrogens (primary N) is 1. The molecule has 8 nitrogen and oxygen atoms in total. The first kappa shape index (κ1) is 20.2. The third kappa shape index (κ3) is 3.99. The Morgan fingerprint density at radius 1 is 1.30 bits per heavy atom. The lowest BCUT2D eigenvalue weighted by Crippen LogP contribution is -2.34. The molecule has 0 radical (unpaired) electrons. The van der Waals surface area contributed by atoms with Crippen molar-refractivity contribution in [3.05, 3.63) is 56.4 Å². The molecule has 4 rings (SSSR count). The topological polar surface area (TPSA) is 121 Å². The van der Waals surface area contributed by atoms with Gasteiger partial charge in [0.1, 0.15) is 10.8 Å². The van der Waals surface area contributed by atoms with Crippen molar-refractivity contribution in [1.29, 1.82) is 0 Å². The minimum Gasteiger partial charge on any atom is -0.365 e. The summed E-state index contributed by atoms with van der Waals surface area (Å²) in [7, 11) is 0. The minimum atomic E-state index is -0.505. The third-order valence-corrected chi connectivity index (χ3v) is 6.48. The van der Waals surface area contributed by atoms with E-state index in [2.05, 4.69) is 15.3 Å².